The van der Waals surface area contributed by atoms with Crippen LogP contribution < -0.4 is 11.3 Å². The van der Waals surface area contributed by atoms with E-state index in [9.17, 15) is 0 Å². The SMILES string of the molecule is CC#CCCC(NN)c1coc(C)c1. The molecular weight excluding hydrogens is 176 g/mol. The molecule has 1 atom stereocenters. The number of hydrogen-bond acceptors (Lipinski definition) is 3. The first-order valence-electron chi connectivity index (χ1n) is 4.68. The van der Waals surface area contributed by atoms with Crippen LogP contribution in [-0.2, 0) is 0 Å². The Hall–Kier alpha value is -1.24. The average molecular weight is 192 g/mol. The Labute approximate surface area is 84.6 Å². The lowest BCUT2D eigenvalue weighted by Crippen LogP contribution is -2.27. The topological polar surface area (TPSA) is 51.2 Å². The monoisotopic (exact) mass is 192 g/mol. The first kappa shape index (κ1) is 10.8. The third kappa shape index (κ3) is 2.91. The molecule has 0 bridgehead atoms. The van der Waals surface area contributed by atoms with Crippen LogP contribution >= 0.6 is 0 Å². The number of hydrazine groups is 1. The summed E-state index contributed by atoms with van der Waals surface area (Å²) < 4.78 is 5.22. The minimum absolute atomic E-state index is 0.133. The predicted molar refractivity (Wildman–Crippen MR) is 56.2 cm³/mol. The van der Waals surface area contributed by atoms with Gasteiger partial charge in [-0.05, 0) is 26.3 Å². The lowest BCUT2D eigenvalue weighted by Gasteiger charge is -2.11. The van der Waals surface area contributed by atoms with Gasteiger partial charge in [-0.1, -0.05) is 0 Å². The van der Waals surface area contributed by atoms with Gasteiger partial charge >= 0.3 is 0 Å². The van der Waals surface area contributed by atoms with Crippen LogP contribution in [0, 0.1) is 18.8 Å². The third-order valence-electron chi connectivity index (χ3n) is 2.09. The Morgan fingerprint density at radius 2 is 2.43 bits per heavy atom. The summed E-state index contributed by atoms with van der Waals surface area (Å²) in [5.74, 6) is 12.2. The van der Waals surface area contributed by atoms with Gasteiger partial charge in [0.25, 0.3) is 0 Å². The standard InChI is InChI=1S/C11H16N2O/c1-3-4-5-6-11(13-12)10-7-9(2)14-8-10/h7-8,11,13H,5-6,12H2,1-2H3. The summed E-state index contributed by atoms with van der Waals surface area (Å²) in [6, 6.07) is 2.12. The van der Waals surface area contributed by atoms with Gasteiger partial charge in [-0.2, -0.15) is 0 Å². The second kappa shape index (κ2) is 5.48. The van der Waals surface area contributed by atoms with E-state index in [1.807, 2.05) is 19.9 Å². The molecule has 0 aliphatic heterocycles. The van der Waals surface area contributed by atoms with Crippen LogP contribution in [-0.4, -0.2) is 0 Å². The maximum absolute atomic E-state index is 5.46. The van der Waals surface area contributed by atoms with Gasteiger partial charge in [-0.3, -0.25) is 11.3 Å². The van der Waals surface area contributed by atoms with Crippen molar-refractivity contribution < 1.29 is 4.42 Å². The maximum Gasteiger partial charge on any atom is 0.101 e. The molecule has 0 aromatic carbocycles. The van der Waals surface area contributed by atoms with Gasteiger partial charge in [0.1, 0.15) is 5.76 Å². The van der Waals surface area contributed by atoms with Crippen molar-refractivity contribution in [2.75, 3.05) is 0 Å². The molecular formula is C11H16N2O. The van der Waals surface area contributed by atoms with E-state index in [1.54, 1.807) is 6.26 Å². The Morgan fingerprint density at radius 3 is 2.93 bits per heavy atom. The highest BCUT2D eigenvalue weighted by molar-refractivity contribution is 5.16. The fraction of sp³-hybridized carbons (Fsp3) is 0.455. The fourth-order valence-electron chi connectivity index (χ4n) is 1.33. The number of nitrogens with one attached hydrogen (secondary N) is 1. The van der Waals surface area contributed by atoms with E-state index in [2.05, 4.69) is 17.3 Å². The minimum Gasteiger partial charge on any atom is -0.469 e. The quantitative estimate of drug-likeness (QED) is 0.435. The van der Waals surface area contributed by atoms with Gasteiger partial charge in [-0.25, -0.2) is 0 Å². The Morgan fingerprint density at radius 1 is 1.64 bits per heavy atom. The molecule has 0 radical (unpaired) electrons. The fourth-order valence-corrected chi connectivity index (χ4v) is 1.33. The maximum atomic E-state index is 5.46. The zero-order valence-corrected chi connectivity index (χ0v) is 8.63. The first-order valence-corrected chi connectivity index (χ1v) is 4.68. The lowest BCUT2D eigenvalue weighted by atomic mass is 10.1. The van der Waals surface area contributed by atoms with Crippen LogP contribution in [0.5, 0.6) is 0 Å². The molecule has 1 aromatic rings. The molecule has 76 valence electrons. The molecule has 1 aromatic heterocycles. The van der Waals surface area contributed by atoms with E-state index in [-0.39, 0.29) is 6.04 Å². The number of aryl methyl sites for hydroxylation is 1. The summed E-state index contributed by atoms with van der Waals surface area (Å²) in [6.45, 7) is 3.76. The summed E-state index contributed by atoms with van der Waals surface area (Å²) in [5.41, 5.74) is 3.85. The number of hydrogen-bond donors (Lipinski definition) is 2. The molecule has 0 aliphatic carbocycles. The van der Waals surface area contributed by atoms with Crippen molar-refractivity contribution in [3.8, 4) is 11.8 Å². The van der Waals surface area contributed by atoms with E-state index in [0.717, 1.165) is 24.2 Å². The van der Waals surface area contributed by atoms with E-state index in [0.29, 0.717) is 0 Å². The molecule has 14 heavy (non-hydrogen) atoms. The van der Waals surface area contributed by atoms with E-state index >= 15 is 0 Å². The number of rotatable bonds is 4. The van der Waals surface area contributed by atoms with Gasteiger partial charge in [0, 0.05) is 12.0 Å². The summed E-state index contributed by atoms with van der Waals surface area (Å²) in [6.07, 6.45) is 3.48. The molecule has 0 aliphatic rings. The molecule has 1 unspecified atom stereocenters. The second-order valence-electron chi connectivity index (χ2n) is 3.18. The highest BCUT2D eigenvalue weighted by atomic mass is 16.3. The third-order valence-corrected chi connectivity index (χ3v) is 2.09. The molecule has 3 nitrogen and oxygen atoms in total. The van der Waals surface area contributed by atoms with Crippen LogP contribution in [0.2, 0.25) is 0 Å². The van der Waals surface area contributed by atoms with Crippen LogP contribution in [0.4, 0.5) is 0 Å². The van der Waals surface area contributed by atoms with Crippen LogP contribution in [0.15, 0.2) is 16.7 Å². The number of nitrogens with two attached hydrogens (primary N) is 1. The van der Waals surface area contributed by atoms with Crippen LogP contribution in [0.1, 0.15) is 37.1 Å². The molecule has 1 heterocycles. The Kier molecular flexibility index (Phi) is 4.24. The van der Waals surface area contributed by atoms with Gasteiger partial charge in [0.2, 0.25) is 0 Å². The molecule has 3 N–H and O–H groups in total. The molecule has 1 rings (SSSR count). The molecule has 3 heteroatoms. The molecule has 0 spiro atoms. The summed E-state index contributed by atoms with van der Waals surface area (Å²) in [7, 11) is 0. The average Bonchev–Trinajstić information content (AvgIpc) is 2.60. The van der Waals surface area contributed by atoms with Crippen molar-refractivity contribution >= 4 is 0 Å². The van der Waals surface area contributed by atoms with Gasteiger partial charge in [0.15, 0.2) is 0 Å². The second-order valence-corrected chi connectivity index (χ2v) is 3.18. The zero-order valence-electron chi connectivity index (χ0n) is 8.63. The Balaban J connectivity index is 2.56. The van der Waals surface area contributed by atoms with Crippen molar-refractivity contribution in [3.05, 3.63) is 23.7 Å². The highest BCUT2D eigenvalue weighted by Gasteiger charge is 2.10. The van der Waals surface area contributed by atoms with Crippen molar-refractivity contribution in [2.45, 2.75) is 32.7 Å². The largest absolute Gasteiger partial charge is 0.469 e. The van der Waals surface area contributed by atoms with Crippen molar-refractivity contribution in [3.63, 3.8) is 0 Å². The van der Waals surface area contributed by atoms with E-state index in [4.69, 9.17) is 10.3 Å². The van der Waals surface area contributed by atoms with E-state index < -0.39 is 0 Å². The molecule has 0 saturated carbocycles. The minimum atomic E-state index is 0.133. The summed E-state index contributed by atoms with van der Waals surface area (Å²) in [5, 5.41) is 0. The molecule has 0 fully saturated rings. The van der Waals surface area contributed by atoms with Crippen LogP contribution in [0.3, 0.4) is 0 Å². The summed E-state index contributed by atoms with van der Waals surface area (Å²) in [4.78, 5) is 0. The van der Waals surface area contributed by atoms with Gasteiger partial charge < -0.3 is 4.42 Å². The van der Waals surface area contributed by atoms with Crippen LogP contribution in [0.25, 0.3) is 0 Å². The van der Waals surface area contributed by atoms with Crippen molar-refractivity contribution in [2.24, 2.45) is 5.84 Å². The van der Waals surface area contributed by atoms with Gasteiger partial charge in [0.05, 0.1) is 12.3 Å². The number of furan rings is 1. The lowest BCUT2D eigenvalue weighted by molar-refractivity contribution is 0.499. The Bertz CT molecular complexity index is 333. The smallest absolute Gasteiger partial charge is 0.101 e. The summed E-state index contributed by atoms with van der Waals surface area (Å²) >= 11 is 0. The first-order chi connectivity index (χ1) is 6.77. The van der Waals surface area contributed by atoms with Gasteiger partial charge in [-0.15, -0.1) is 11.8 Å². The molecule has 0 amide bonds. The van der Waals surface area contributed by atoms with Crippen molar-refractivity contribution in [1.29, 1.82) is 0 Å². The van der Waals surface area contributed by atoms with Crippen molar-refractivity contribution in [1.82, 2.24) is 5.43 Å². The normalized spacial score (nSPS) is 11.9. The zero-order chi connectivity index (χ0) is 10.4. The highest BCUT2D eigenvalue weighted by Crippen LogP contribution is 2.19. The van der Waals surface area contributed by atoms with E-state index in [1.165, 1.54) is 0 Å². The molecule has 0 saturated heterocycles. The predicted octanol–water partition coefficient (Wildman–Crippen LogP) is 1.90.